The van der Waals surface area contributed by atoms with E-state index in [-0.39, 0.29) is 5.69 Å². The van der Waals surface area contributed by atoms with E-state index in [4.69, 9.17) is 14.7 Å². The van der Waals surface area contributed by atoms with Gasteiger partial charge < -0.3 is 9.64 Å². The SMILES string of the molecule is CN1CCCC1CCOc1nc(Cn2c(=O)n(C3CC3)c3ccccc32)nc2ccccc12. The van der Waals surface area contributed by atoms with E-state index in [0.717, 1.165) is 47.7 Å². The monoisotopic (exact) mass is 443 g/mol. The highest BCUT2D eigenvalue weighted by Crippen LogP contribution is 2.36. The number of para-hydroxylation sites is 3. The highest BCUT2D eigenvalue weighted by Gasteiger charge is 2.29. The van der Waals surface area contributed by atoms with E-state index in [9.17, 15) is 4.79 Å². The molecule has 1 atom stereocenters. The van der Waals surface area contributed by atoms with Crippen molar-refractivity contribution in [1.82, 2.24) is 24.0 Å². The summed E-state index contributed by atoms with van der Waals surface area (Å²) in [5, 5.41) is 0.911. The molecular formula is C26H29N5O2. The molecule has 4 aromatic rings. The molecule has 0 bridgehead atoms. The van der Waals surface area contributed by atoms with Crippen molar-refractivity contribution in [2.75, 3.05) is 20.2 Å². The number of likely N-dealkylation sites (tertiary alicyclic amines) is 1. The molecular weight excluding hydrogens is 414 g/mol. The molecule has 1 aliphatic carbocycles. The standard InChI is InChI=1S/C26H29N5O2/c1-29-15-6-7-18(29)14-16-33-25-20-8-2-3-9-21(20)27-24(28-25)17-30-22-10-4-5-11-23(22)31(26(30)32)19-12-13-19/h2-5,8-11,18-19H,6-7,12-17H2,1H3. The average Bonchev–Trinajstić information content (AvgIpc) is 3.52. The second kappa shape index (κ2) is 8.30. The molecule has 2 aliphatic rings. The summed E-state index contributed by atoms with van der Waals surface area (Å²) in [7, 11) is 2.19. The van der Waals surface area contributed by atoms with Gasteiger partial charge in [-0.3, -0.25) is 9.13 Å². The van der Waals surface area contributed by atoms with Crippen molar-refractivity contribution in [3.05, 3.63) is 64.8 Å². The number of aromatic nitrogens is 4. The Balaban J connectivity index is 1.33. The Labute approximate surface area is 192 Å². The summed E-state index contributed by atoms with van der Waals surface area (Å²) in [6, 6.07) is 16.8. The highest BCUT2D eigenvalue weighted by molar-refractivity contribution is 5.83. The van der Waals surface area contributed by atoms with Crippen LogP contribution < -0.4 is 10.4 Å². The maximum atomic E-state index is 13.3. The smallest absolute Gasteiger partial charge is 0.329 e. The topological polar surface area (TPSA) is 65.2 Å². The van der Waals surface area contributed by atoms with Crippen LogP contribution in [0.2, 0.25) is 0 Å². The van der Waals surface area contributed by atoms with Gasteiger partial charge in [-0.1, -0.05) is 24.3 Å². The zero-order valence-electron chi connectivity index (χ0n) is 19.0. The first kappa shape index (κ1) is 20.4. The summed E-state index contributed by atoms with van der Waals surface area (Å²) in [5.41, 5.74) is 2.78. The van der Waals surface area contributed by atoms with Crippen LogP contribution in [0.4, 0.5) is 0 Å². The number of fused-ring (bicyclic) bond motifs is 2. The number of hydrogen-bond donors (Lipinski definition) is 0. The van der Waals surface area contributed by atoms with Crippen molar-refractivity contribution in [3.63, 3.8) is 0 Å². The molecule has 6 rings (SSSR count). The van der Waals surface area contributed by atoms with Gasteiger partial charge in [0.25, 0.3) is 0 Å². The molecule has 1 unspecified atom stereocenters. The number of ether oxygens (including phenoxy) is 1. The molecule has 0 N–H and O–H groups in total. The fourth-order valence-corrected chi connectivity index (χ4v) is 5.12. The van der Waals surface area contributed by atoms with E-state index < -0.39 is 0 Å². The molecule has 7 nitrogen and oxygen atoms in total. The van der Waals surface area contributed by atoms with Crippen LogP contribution in [0.1, 0.15) is 44.0 Å². The van der Waals surface area contributed by atoms with Crippen molar-refractivity contribution in [3.8, 4) is 5.88 Å². The molecule has 0 amide bonds. The molecule has 170 valence electrons. The third-order valence-electron chi connectivity index (χ3n) is 7.06. The summed E-state index contributed by atoms with van der Waals surface area (Å²) in [6.07, 6.45) is 5.59. The lowest BCUT2D eigenvalue weighted by Crippen LogP contribution is -2.26. The largest absolute Gasteiger partial charge is 0.477 e. The molecule has 2 aromatic carbocycles. The third-order valence-corrected chi connectivity index (χ3v) is 7.06. The van der Waals surface area contributed by atoms with Crippen molar-refractivity contribution in [2.24, 2.45) is 0 Å². The first-order chi connectivity index (χ1) is 16.2. The van der Waals surface area contributed by atoms with E-state index in [0.29, 0.717) is 36.9 Å². The van der Waals surface area contributed by atoms with Crippen molar-refractivity contribution < 1.29 is 4.74 Å². The zero-order valence-corrected chi connectivity index (χ0v) is 19.0. The van der Waals surface area contributed by atoms with Crippen LogP contribution in [-0.4, -0.2) is 50.2 Å². The molecule has 1 saturated carbocycles. The number of hydrogen-bond acceptors (Lipinski definition) is 5. The van der Waals surface area contributed by atoms with Crippen LogP contribution in [0, 0.1) is 0 Å². The Bertz CT molecular complexity index is 1370. The quantitative estimate of drug-likeness (QED) is 0.432. The van der Waals surface area contributed by atoms with Gasteiger partial charge in [0.2, 0.25) is 5.88 Å². The molecule has 3 heterocycles. The van der Waals surface area contributed by atoms with Crippen LogP contribution in [0.5, 0.6) is 5.88 Å². The molecule has 2 fully saturated rings. The second-order valence-electron chi connectivity index (χ2n) is 9.33. The van der Waals surface area contributed by atoms with Gasteiger partial charge in [-0.05, 0) is 70.0 Å². The summed E-state index contributed by atoms with van der Waals surface area (Å²) >= 11 is 0. The van der Waals surface area contributed by atoms with Gasteiger partial charge in [-0.2, -0.15) is 4.98 Å². The van der Waals surface area contributed by atoms with Gasteiger partial charge >= 0.3 is 5.69 Å². The van der Waals surface area contributed by atoms with Gasteiger partial charge in [-0.15, -0.1) is 0 Å². The fraction of sp³-hybridized carbons (Fsp3) is 0.423. The summed E-state index contributed by atoms with van der Waals surface area (Å²) < 4.78 is 9.95. The molecule has 33 heavy (non-hydrogen) atoms. The summed E-state index contributed by atoms with van der Waals surface area (Å²) in [6.45, 7) is 2.11. The number of nitrogens with zero attached hydrogens (tertiary/aromatic N) is 5. The van der Waals surface area contributed by atoms with Crippen LogP contribution in [0.15, 0.2) is 53.3 Å². The number of imidazole rings is 1. The Morgan fingerprint density at radius 2 is 1.79 bits per heavy atom. The van der Waals surface area contributed by atoms with Gasteiger partial charge in [0, 0.05) is 12.1 Å². The van der Waals surface area contributed by atoms with Crippen LogP contribution in [-0.2, 0) is 6.54 Å². The maximum Gasteiger partial charge on any atom is 0.329 e. The maximum absolute atomic E-state index is 13.3. The lowest BCUT2D eigenvalue weighted by molar-refractivity contribution is 0.230. The van der Waals surface area contributed by atoms with E-state index in [1.54, 1.807) is 4.57 Å². The molecule has 1 aliphatic heterocycles. The molecule has 0 radical (unpaired) electrons. The molecule has 7 heteroatoms. The first-order valence-corrected chi connectivity index (χ1v) is 12.0. The van der Waals surface area contributed by atoms with Crippen LogP contribution in [0.25, 0.3) is 21.9 Å². The van der Waals surface area contributed by atoms with Gasteiger partial charge in [0.05, 0.1) is 35.1 Å². The first-order valence-electron chi connectivity index (χ1n) is 12.0. The number of benzene rings is 2. The van der Waals surface area contributed by atoms with Crippen molar-refractivity contribution >= 4 is 21.9 Å². The minimum absolute atomic E-state index is 0.0159. The van der Waals surface area contributed by atoms with E-state index in [1.807, 2.05) is 53.1 Å². The Hall–Kier alpha value is -3.19. The summed E-state index contributed by atoms with van der Waals surface area (Å²) in [5.74, 6) is 1.21. The van der Waals surface area contributed by atoms with Crippen molar-refractivity contribution in [1.29, 1.82) is 0 Å². The Kier molecular flexibility index (Phi) is 5.14. The van der Waals surface area contributed by atoms with Crippen LogP contribution >= 0.6 is 0 Å². The molecule has 2 aromatic heterocycles. The predicted molar refractivity (Wildman–Crippen MR) is 129 cm³/mol. The normalized spacial score (nSPS) is 19.0. The summed E-state index contributed by atoms with van der Waals surface area (Å²) in [4.78, 5) is 25.3. The molecule has 0 spiro atoms. The van der Waals surface area contributed by atoms with Gasteiger partial charge in [0.15, 0.2) is 5.82 Å². The lowest BCUT2D eigenvalue weighted by Gasteiger charge is -2.19. The minimum atomic E-state index is 0.0159. The average molecular weight is 444 g/mol. The highest BCUT2D eigenvalue weighted by atomic mass is 16.5. The zero-order chi connectivity index (χ0) is 22.4. The van der Waals surface area contributed by atoms with E-state index >= 15 is 0 Å². The Morgan fingerprint density at radius 3 is 2.58 bits per heavy atom. The lowest BCUT2D eigenvalue weighted by atomic mass is 10.1. The fourth-order valence-electron chi connectivity index (χ4n) is 5.12. The Morgan fingerprint density at radius 1 is 1.00 bits per heavy atom. The predicted octanol–water partition coefficient (Wildman–Crippen LogP) is 3.99. The van der Waals surface area contributed by atoms with Crippen molar-refractivity contribution in [2.45, 2.75) is 50.7 Å². The minimum Gasteiger partial charge on any atom is -0.477 e. The van der Waals surface area contributed by atoms with E-state index in [2.05, 4.69) is 11.9 Å². The van der Waals surface area contributed by atoms with E-state index in [1.165, 1.54) is 12.8 Å². The number of rotatable bonds is 7. The van der Waals surface area contributed by atoms with Gasteiger partial charge in [0.1, 0.15) is 0 Å². The molecule has 1 saturated heterocycles. The van der Waals surface area contributed by atoms with Crippen LogP contribution in [0.3, 0.4) is 0 Å². The third kappa shape index (κ3) is 3.80. The van der Waals surface area contributed by atoms with Gasteiger partial charge in [-0.25, -0.2) is 9.78 Å². The second-order valence-corrected chi connectivity index (χ2v) is 9.33.